The summed E-state index contributed by atoms with van der Waals surface area (Å²) in [6.07, 6.45) is 10.2. The van der Waals surface area contributed by atoms with E-state index in [1.807, 2.05) is 0 Å². The molecule has 0 aromatic rings. The van der Waals surface area contributed by atoms with Crippen LogP contribution in [0.3, 0.4) is 0 Å². The van der Waals surface area contributed by atoms with Gasteiger partial charge in [0.2, 0.25) is 0 Å². The lowest BCUT2D eigenvalue weighted by molar-refractivity contribution is 0.0878. The lowest BCUT2D eigenvalue weighted by Gasteiger charge is -2.42. The average Bonchev–Trinajstić information content (AvgIpc) is 2.98. The molecule has 2 rings (SSSR count). The highest BCUT2D eigenvalue weighted by Gasteiger charge is 2.48. The number of rotatable bonds is 7. The fraction of sp³-hybridized carbons (Fsp3) is 1.00. The van der Waals surface area contributed by atoms with Gasteiger partial charge in [0.25, 0.3) is 0 Å². The molecule has 0 aromatic carbocycles. The third-order valence-electron chi connectivity index (χ3n) is 5.84. The molecule has 17 heavy (non-hydrogen) atoms. The minimum Gasteiger partial charge on any atom is -0.316 e. The molecule has 0 saturated heterocycles. The summed E-state index contributed by atoms with van der Waals surface area (Å²) >= 11 is 0. The van der Waals surface area contributed by atoms with Crippen molar-refractivity contribution in [3.63, 3.8) is 0 Å². The van der Waals surface area contributed by atoms with Gasteiger partial charge in [0.05, 0.1) is 0 Å². The highest BCUT2D eigenvalue weighted by molar-refractivity contribution is 4.99. The Hall–Kier alpha value is -0.0400. The molecular weight excluding hydrogens is 206 g/mol. The zero-order valence-electron chi connectivity index (χ0n) is 12.1. The van der Waals surface area contributed by atoms with Crippen LogP contribution in [0.2, 0.25) is 0 Å². The quantitative estimate of drug-likeness (QED) is 0.653. The summed E-state index contributed by atoms with van der Waals surface area (Å²) in [7, 11) is 0. The monoisotopic (exact) mass is 237 g/mol. The van der Waals surface area contributed by atoms with Crippen LogP contribution in [0.15, 0.2) is 0 Å². The third-order valence-corrected chi connectivity index (χ3v) is 5.84. The molecule has 0 heterocycles. The van der Waals surface area contributed by atoms with Crippen LogP contribution in [0.4, 0.5) is 0 Å². The van der Waals surface area contributed by atoms with Crippen LogP contribution < -0.4 is 5.32 Å². The van der Waals surface area contributed by atoms with Crippen LogP contribution in [-0.4, -0.2) is 13.1 Å². The average molecular weight is 237 g/mol. The van der Waals surface area contributed by atoms with Crippen LogP contribution in [0.25, 0.3) is 0 Å². The van der Waals surface area contributed by atoms with Crippen molar-refractivity contribution in [3.05, 3.63) is 0 Å². The predicted molar refractivity (Wildman–Crippen MR) is 75.1 cm³/mol. The molecule has 1 N–H and O–H groups in total. The smallest absolute Gasteiger partial charge is 0.00104 e. The lowest BCUT2D eigenvalue weighted by Crippen LogP contribution is -2.42. The Bertz CT molecular complexity index is 232. The fourth-order valence-corrected chi connectivity index (χ4v) is 4.66. The summed E-state index contributed by atoms with van der Waals surface area (Å²) in [5.41, 5.74) is 0.606. The van der Waals surface area contributed by atoms with Crippen molar-refractivity contribution in [2.24, 2.45) is 23.2 Å². The molecule has 2 saturated carbocycles. The second-order valence-corrected chi connectivity index (χ2v) is 6.53. The van der Waals surface area contributed by atoms with E-state index in [-0.39, 0.29) is 0 Å². The predicted octanol–water partition coefficient (Wildman–Crippen LogP) is 4.23. The first kappa shape index (κ1) is 13.4. The summed E-state index contributed by atoms with van der Waals surface area (Å²) in [4.78, 5) is 0. The second-order valence-electron chi connectivity index (χ2n) is 6.53. The SMILES string of the molecule is CCCNCC(CC)(CC)C1CC2CCC1C2. The van der Waals surface area contributed by atoms with Crippen LogP contribution in [0, 0.1) is 23.2 Å². The Balaban J connectivity index is 1.99. The number of nitrogens with one attached hydrogen (secondary N) is 1. The zero-order valence-corrected chi connectivity index (χ0v) is 12.1. The van der Waals surface area contributed by atoms with Crippen molar-refractivity contribution in [1.82, 2.24) is 5.32 Å². The van der Waals surface area contributed by atoms with Crippen LogP contribution >= 0.6 is 0 Å². The van der Waals surface area contributed by atoms with E-state index >= 15 is 0 Å². The maximum absolute atomic E-state index is 3.71. The maximum atomic E-state index is 3.71. The number of hydrogen-bond donors (Lipinski definition) is 1. The molecule has 0 aromatic heterocycles. The minimum absolute atomic E-state index is 0.606. The van der Waals surface area contributed by atoms with Gasteiger partial charge < -0.3 is 5.32 Å². The van der Waals surface area contributed by atoms with Gasteiger partial charge in [-0.25, -0.2) is 0 Å². The number of fused-ring (bicyclic) bond motifs is 2. The summed E-state index contributed by atoms with van der Waals surface area (Å²) < 4.78 is 0. The molecule has 0 aliphatic heterocycles. The van der Waals surface area contributed by atoms with Gasteiger partial charge in [-0.05, 0) is 68.2 Å². The lowest BCUT2D eigenvalue weighted by atomic mass is 9.65. The Labute approximate surface area is 108 Å². The van der Waals surface area contributed by atoms with Crippen LogP contribution in [-0.2, 0) is 0 Å². The summed E-state index contributed by atoms with van der Waals surface area (Å²) in [5, 5.41) is 3.71. The Morgan fingerprint density at radius 3 is 2.29 bits per heavy atom. The normalized spacial score (nSPS) is 32.3. The van der Waals surface area contributed by atoms with Crippen molar-refractivity contribution < 1.29 is 0 Å². The summed E-state index contributed by atoms with van der Waals surface area (Å²) in [5.74, 6) is 3.19. The molecule has 2 aliphatic carbocycles. The Kier molecular flexibility index (Phi) is 4.52. The molecule has 3 atom stereocenters. The summed E-state index contributed by atoms with van der Waals surface area (Å²) in [6, 6.07) is 0. The van der Waals surface area contributed by atoms with E-state index in [0.29, 0.717) is 5.41 Å². The van der Waals surface area contributed by atoms with Gasteiger partial charge in [-0.2, -0.15) is 0 Å². The van der Waals surface area contributed by atoms with Crippen molar-refractivity contribution in [1.29, 1.82) is 0 Å². The molecular formula is C16H31N. The van der Waals surface area contributed by atoms with E-state index in [9.17, 15) is 0 Å². The van der Waals surface area contributed by atoms with Crippen molar-refractivity contribution in [3.8, 4) is 0 Å². The first-order valence-corrected chi connectivity index (χ1v) is 7.96. The second kappa shape index (κ2) is 5.73. The van der Waals surface area contributed by atoms with Gasteiger partial charge in [-0.3, -0.25) is 0 Å². The fourth-order valence-electron chi connectivity index (χ4n) is 4.66. The van der Waals surface area contributed by atoms with E-state index in [2.05, 4.69) is 26.1 Å². The molecule has 0 radical (unpaired) electrons. The first-order chi connectivity index (χ1) is 8.25. The minimum atomic E-state index is 0.606. The van der Waals surface area contributed by atoms with Gasteiger partial charge >= 0.3 is 0 Å². The van der Waals surface area contributed by atoms with E-state index in [0.717, 1.165) is 17.8 Å². The molecule has 0 amide bonds. The Morgan fingerprint density at radius 2 is 1.82 bits per heavy atom. The van der Waals surface area contributed by atoms with Crippen molar-refractivity contribution in [2.75, 3.05) is 13.1 Å². The van der Waals surface area contributed by atoms with Gasteiger partial charge in [0, 0.05) is 6.54 Å². The molecule has 1 heteroatoms. The van der Waals surface area contributed by atoms with Crippen LogP contribution in [0.1, 0.15) is 65.7 Å². The first-order valence-electron chi connectivity index (χ1n) is 7.96. The Morgan fingerprint density at radius 1 is 1.06 bits per heavy atom. The van der Waals surface area contributed by atoms with Gasteiger partial charge in [-0.15, -0.1) is 0 Å². The third kappa shape index (κ3) is 2.54. The van der Waals surface area contributed by atoms with E-state index in [4.69, 9.17) is 0 Å². The standard InChI is InChI=1S/C16H31N/c1-4-9-17-12-16(5-2,6-3)15-11-13-7-8-14(15)10-13/h13-15,17H,4-12H2,1-3H3. The van der Waals surface area contributed by atoms with E-state index in [1.165, 1.54) is 45.2 Å². The summed E-state index contributed by atoms with van der Waals surface area (Å²) in [6.45, 7) is 9.57. The van der Waals surface area contributed by atoms with Crippen molar-refractivity contribution in [2.45, 2.75) is 65.7 Å². The molecule has 100 valence electrons. The molecule has 1 nitrogen and oxygen atoms in total. The van der Waals surface area contributed by atoms with Gasteiger partial charge in [-0.1, -0.05) is 27.2 Å². The molecule has 3 unspecified atom stereocenters. The highest BCUT2D eigenvalue weighted by Crippen LogP contribution is 2.56. The molecule has 0 spiro atoms. The van der Waals surface area contributed by atoms with Crippen molar-refractivity contribution >= 4 is 0 Å². The number of hydrogen-bond acceptors (Lipinski definition) is 1. The van der Waals surface area contributed by atoms with E-state index < -0.39 is 0 Å². The van der Waals surface area contributed by atoms with Crippen LogP contribution in [0.5, 0.6) is 0 Å². The molecule has 2 bridgehead atoms. The molecule has 2 fully saturated rings. The zero-order chi connectivity index (χ0) is 12.3. The van der Waals surface area contributed by atoms with Gasteiger partial charge in [0.1, 0.15) is 0 Å². The maximum Gasteiger partial charge on any atom is 0.00104 e. The largest absolute Gasteiger partial charge is 0.316 e. The van der Waals surface area contributed by atoms with E-state index in [1.54, 1.807) is 12.8 Å². The molecule has 2 aliphatic rings. The topological polar surface area (TPSA) is 12.0 Å². The highest BCUT2D eigenvalue weighted by atomic mass is 14.9. The van der Waals surface area contributed by atoms with Gasteiger partial charge in [0.15, 0.2) is 0 Å².